The minimum absolute atomic E-state index is 0.0215. The zero-order valence-corrected chi connectivity index (χ0v) is 9.56. The smallest absolute Gasteiger partial charge is 0.156 e. The molecule has 0 aromatic rings. The Labute approximate surface area is 94.3 Å². The van der Waals surface area contributed by atoms with Crippen LogP contribution in [-0.4, -0.2) is 67.9 Å². The molecule has 0 aromatic heterocycles. The Morgan fingerprint density at radius 2 is 2.19 bits per heavy atom. The standard InChI is InChI=1S/C9H14N2O4S/c10-3-7-4-11(1-2-15-7)8-5-16(13,14)6-9(8)12/h7-9,12H,1-2,4-6H2. The topological polar surface area (TPSA) is 90.6 Å². The number of aliphatic hydroxyl groups excluding tert-OH is 1. The number of rotatable bonds is 1. The first-order chi connectivity index (χ1) is 7.52. The summed E-state index contributed by atoms with van der Waals surface area (Å²) >= 11 is 0. The average molecular weight is 246 g/mol. The molecule has 3 unspecified atom stereocenters. The van der Waals surface area contributed by atoms with Crippen molar-refractivity contribution >= 4 is 9.84 Å². The van der Waals surface area contributed by atoms with Crippen molar-refractivity contribution in [1.29, 1.82) is 5.26 Å². The van der Waals surface area contributed by atoms with Crippen LogP contribution >= 0.6 is 0 Å². The fourth-order valence-electron chi connectivity index (χ4n) is 2.21. The van der Waals surface area contributed by atoms with Crippen LogP contribution in [0, 0.1) is 11.3 Å². The number of morpholine rings is 1. The molecular weight excluding hydrogens is 232 g/mol. The molecule has 6 nitrogen and oxygen atoms in total. The lowest BCUT2D eigenvalue weighted by atomic mass is 10.1. The van der Waals surface area contributed by atoms with E-state index < -0.39 is 22.0 Å². The molecule has 0 bridgehead atoms. The fourth-order valence-corrected chi connectivity index (χ4v) is 4.04. The third-order valence-electron chi connectivity index (χ3n) is 3.00. The van der Waals surface area contributed by atoms with E-state index in [4.69, 9.17) is 10.00 Å². The zero-order valence-electron chi connectivity index (χ0n) is 8.74. The summed E-state index contributed by atoms with van der Waals surface area (Å²) in [4.78, 5) is 1.84. The average Bonchev–Trinajstić information content (AvgIpc) is 2.52. The Hall–Kier alpha value is -0.680. The van der Waals surface area contributed by atoms with Crippen molar-refractivity contribution in [3.63, 3.8) is 0 Å². The molecule has 0 saturated carbocycles. The summed E-state index contributed by atoms with van der Waals surface area (Å²) in [5.41, 5.74) is 0. The second kappa shape index (κ2) is 4.30. The van der Waals surface area contributed by atoms with E-state index in [0.717, 1.165) is 0 Å². The number of hydrogen-bond donors (Lipinski definition) is 1. The van der Waals surface area contributed by atoms with Crippen LogP contribution in [0.2, 0.25) is 0 Å². The third kappa shape index (κ3) is 2.35. The molecule has 2 aliphatic heterocycles. The minimum atomic E-state index is -3.13. The van der Waals surface area contributed by atoms with Gasteiger partial charge in [0.05, 0.1) is 36.3 Å². The molecule has 1 N–H and O–H groups in total. The molecule has 90 valence electrons. The second-order valence-electron chi connectivity index (χ2n) is 4.20. The van der Waals surface area contributed by atoms with Gasteiger partial charge >= 0.3 is 0 Å². The highest BCUT2D eigenvalue weighted by molar-refractivity contribution is 7.91. The van der Waals surface area contributed by atoms with Gasteiger partial charge in [-0.15, -0.1) is 0 Å². The van der Waals surface area contributed by atoms with Crippen molar-refractivity contribution in [3.05, 3.63) is 0 Å². The van der Waals surface area contributed by atoms with Crippen molar-refractivity contribution in [2.24, 2.45) is 0 Å². The normalized spacial score (nSPS) is 39.4. The van der Waals surface area contributed by atoms with Gasteiger partial charge in [-0.2, -0.15) is 5.26 Å². The molecule has 0 amide bonds. The highest BCUT2D eigenvalue weighted by Gasteiger charge is 2.41. The van der Waals surface area contributed by atoms with E-state index in [1.807, 2.05) is 11.0 Å². The lowest BCUT2D eigenvalue weighted by Gasteiger charge is -2.35. The lowest BCUT2D eigenvalue weighted by molar-refractivity contribution is -0.0327. The van der Waals surface area contributed by atoms with Crippen molar-refractivity contribution in [1.82, 2.24) is 4.90 Å². The molecule has 0 spiro atoms. The Bertz CT molecular complexity index is 402. The molecule has 2 saturated heterocycles. The van der Waals surface area contributed by atoms with E-state index in [0.29, 0.717) is 19.7 Å². The molecule has 7 heteroatoms. The van der Waals surface area contributed by atoms with Crippen LogP contribution in [0.15, 0.2) is 0 Å². The quantitative estimate of drug-likeness (QED) is 0.597. The van der Waals surface area contributed by atoms with Crippen molar-refractivity contribution < 1.29 is 18.3 Å². The Morgan fingerprint density at radius 3 is 2.75 bits per heavy atom. The van der Waals surface area contributed by atoms with Crippen molar-refractivity contribution in [2.45, 2.75) is 18.2 Å². The molecule has 2 rings (SSSR count). The Balaban J connectivity index is 2.06. The number of ether oxygens (including phenoxy) is 1. The first-order valence-corrected chi connectivity index (χ1v) is 6.98. The molecule has 2 aliphatic rings. The molecular formula is C9H14N2O4S. The number of aliphatic hydroxyl groups is 1. The van der Waals surface area contributed by atoms with Gasteiger partial charge in [0.2, 0.25) is 0 Å². The fraction of sp³-hybridized carbons (Fsp3) is 0.889. The van der Waals surface area contributed by atoms with Crippen LogP contribution in [0.4, 0.5) is 0 Å². The van der Waals surface area contributed by atoms with Gasteiger partial charge in [-0.05, 0) is 0 Å². The molecule has 16 heavy (non-hydrogen) atoms. The summed E-state index contributed by atoms with van der Waals surface area (Å²) in [6, 6.07) is 1.61. The van der Waals surface area contributed by atoms with Crippen LogP contribution in [0.5, 0.6) is 0 Å². The molecule has 0 aromatic carbocycles. The second-order valence-corrected chi connectivity index (χ2v) is 6.35. The van der Waals surface area contributed by atoms with E-state index in [9.17, 15) is 13.5 Å². The Kier molecular flexibility index (Phi) is 3.17. The largest absolute Gasteiger partial charge is 0.390 e. The van der Waals surface area contributed by atoms with E-state index in [1.54, 1.807) is 0 Å². The summed E-state index contributed by atoms with van der Waals surface area (Å²) in [5.74, 6) is -0.196. The summed E-state index contributed by atoms with van der Waals surface area (Å²) < 4.78 is 27.9. The third-order valence-corrected chi connectivity index (χ3v) is 4.70. The SMILES string of the molecule is N#CC1CN(C2CS(=O)(=O)CC2O)CCO1. The van der Waals surface area contributed by atoms with Gasteiger partial charge in [0.15, 0.2) is 15.9 Å². The molecule has 2 heterocycles. The molecule has 3 atom stereocenters. The van der Waals surface area contributed by atoms with Crippen LogP contribution in [-0.2, 0) is 14.6 Å². The maximum atomic E-state index is 11.4. The van der Waals surface area contributed by atoms with E-state index in [2.05, 4.69) is 0 Å². The first kappa shape index (κ1) is 11.8. The van der Waals surface area contributed by atoms with E-state index >= 15 is 0 Å². The van der Waals surface area contributed by atoms with Gasteiger partial charge in [0.1, 0.15) is 0 Å². The monoisotopic (exact) mass is 246 g/mol. The van der Waals surface area contributed by atoms with Gasteiger partial charge in [0, 0.05) is 13.1 Å². The number of sulfone groups is 1. The van der Waals surface area contributed by atoms with Gasteiger partial charge in [-0.3, -0.25) is 4.90 Å². The summed E-state index contributed by atoms with van der Waals surface area (Å²) in [6.07, 6.45) is -1.37. The number of nitrogens with zero attached hydrogens (tertiary/aromatic N) is 2. The van der Waals surface area contributed by atoms with Crippen LogP contribution in [0.3, 0.4) is 0 Å². The molecule has 0 aliphatic carbocycles. The summed E-state index contributed by atoms with van der Waals surface area (Å²) in [7, 11) is -3.13. The zero-order chi connectivity index (χ0) is 11.8. The highest BCUT2D eigenvalue weighted by Crippen LogP contribution is 2.20. The molecule has 0 radical (unpaired) electrons. The predicted molar refractivity (Wildman–Crippen MR) is 55.4 cm³/mol. The van der Waals surface area contributed by atoms with Crippen LogP contribution in [0.1, 0.15) is 0 Å². The number of nitriles is 1. The van der Waals surface area contributed by atoms with Gasteiger partial charge in [-0.1, -0.05) is 0 Å². The first-order valence-electron chi connectivity index (χ1n) is 5.15. The predicted octanol–water partition coefficient (Wildman–Crippen LogP) is -1.63. The number of hydrogen-bond acceptors (Lipinski definition) is 6. The van der Waals surface area contributed by atoms with E-state index in [1.165, 1.54) is 0 Å². The van der Waals surface area contributed by atoms with Crippen LogP contribution < -0.4 is 0 Å². The van der Waals surface area contributed by atoms with Gasteiger partial charge in [-0.25, -0.2) is 8.42 Å². The summed E-state index contributed by atoms with van der Waals surface area (Å²) in [5, 5.41) is 18.4. The maximum Gasteiger partial charge on any atom is 0.156 e. The van der Waals surface area contributed by atoms with Crippen molar-refractivity contribution in [3.8, 4) is 6.07 Å². The Morgan fingerprint density at radius 1 is 1.44 bits per heavy atom. The van der Waals surface area contributed by atoms with E-state index in [-0.39, 0.29) is 17.5 Å². The van der Waals surface area contributed by atoms with Crippen molar-refractivity contribution in [2.75, 3.05) is 31.2 Å². The lowest BCUT2D eigenvalue weighted by Crippen LogP contribution is -2.51. The summed E-state index contributed by atoms with van der Waals surface area (Å²) in [6.45, 7) is 1.34. The van der Waals surface area contributed by atoms with Crippen LogP contribution in [0.25, 0.3) is 0 Å². The molecule has 2 fully saturated rings. The minimum Gasteiger partial charge on any atom is -0.390 e. The highest BCUT2D eigenvalue weighted by atomic mass is 32.2. The van der Waals surface area contributed by atoms with Gasteiger partial charge < -0.3 is 9.84 Å². The maximum absolute atomic E-state index is 11.4. The van der Waals surface area contributed by atoms with Gasteiger partial charge in [0.25, 0.3) is 0 Å².